The Hall–Kier alpha value is -7.58. The van der Waals surface area contributed by atoms with Crippen LogP contribution in [-0.4, -0.2) is 5.91 Å². The standard InChI is InChI=1S/C50H39NO7/c52-48-41-23-13-14-24-43(41)58-49(39-25-28-44(55-32-36-17-7-2-8-18-36)46(29-39)57-34-38-21-11-4-12-22-38)47(48)51-50(53)42-27-26-40(54-31-35-15-5-1-6-16-35)30-45(42)56-33-37-19-9-3-10-20-37/h1-30H,31-34H2,(H,51,53). The minimum Gasteiger partial charge on any atom is -0.489 e. The molecule has 286 valence electrons. The SMILES string of the molecule is O=C(Nc1c(-c2ccc(OCc3ccccc3)c(OCc3ccccc3)c2)oc2ccccc2c1=O)c1ccc(OCc2ccccc2)cc1OCc1ccccc1. The van der Waals surface area contributed by atoms with E-state index in [4.69, 9.17) is 23.4 Å². The molecular weight excluding hydrogens is 727 g/mol. The summed E-state index contributed by atoms with van der Waals surface area (Å²) in [7, 11) is 0. The monoisotopic (exact) mass is 765 g/mol. The summed E-state index contributed by atoms with van der Waals surface area (Å²) in [5.74, 6) is 1.35. The summed E-state index contributed by atoms with van der Waals surface area (Å²) in [6.45, 7) is 1.13. The third-order valence-corrected chi connectivity index (χ3v) is 9.40. The van der Waals surface area contributed by atoms with E-state index < -0.39 is 11.3 Å². The molecule has 0 fully saturated rings. The van der Waals surface area contributed by atoms with Crippen LogP contribution in [0.3, 0.4) is 0 Å². The maximum atomic E-state index is 14.4. The summed E-state index contributed by atoms with van der Waals surface area (Å²) < 4.78 is 31.4. The van der Waals surface area contributed by atoms with Gasteiger partial charge in [0.2, 0.25) is 5.43 Å². The summed E-state index contributed by atoms with van der Waals surface area (Å²) >= 11 is 0. The first-order chi connectivity index (χ1) is 28.6. The summed E-state index contributed by atoms with van der Waals surface area (Å²) in [6, 6.07) is 56.4. The minimum absolute atomic E-state index is 0.0333. The van der Waals surface area contributed by atoms with Gasteiger partial charge >= 0.3 is 0 Å². The van der Waals surface area contributed by atoms with Crippen LogP contribution in [0.25, 0.3) is 22.3 Å². The molecule has 58 heavy (non-hydrogen) atoms. The van der Waals surface area contributed by atoms with Crippen molar-refractivity contribution in [1.82, 2.24) is 0 Å². The van der Waals surface area contributed by atoms with Gasteiger partial charge in [-0.15, -0.1) is 0 Å². The highest BCUT2D eigenvalue weighted by molar-refractivity contribution is 6.08. The van der Waals surface area contributed by atoms with E-state index in [9.17, 15) is 9.59 Å². The van der Waals surface area contributed by atoms with Crippen LogP contribution in [0.15, 0.2) is 191 Å². The normalized spacial score (nSPS) is 10.8. The van der Waals surface area contributed by atoms with Gasteiger partial charge in [-0.25, -0.2) is 0 Å². The number of ether oxygens (including phenoxy) is 4. The molecule has 8 heteroatoms. The first-order valence-corrected chi connectivity index (χ1v) is 18.9. The van der Waals surface area contributed by atoms with E-state index in [1.807, 2.05) is 121 Å². The number of hydrogen-bond acceptors (Lipinski definition) is 7. The molecule has 0 atom stereocenters. The fraction of sp³-hybridized carbons (Fsp3) is 0.0800. The molecule has 0 spiro atoms. The Morgan fingerprint density at radius 1 is 0.483 bits per heavy atom. The van der Waals surface area contributed by atoms with E-state index in [-0.39, 0.29) is 36.0 Å². The van der Waals surface area contributed by atoms with Crippen molar-refractivity contribution >= 4 is 22.6 Å². The quantitative estimate of drug-likeness (QED) is 0.111. The molecule has 8 aromatic rings. The lowest BCUT2D eigenvalue weighted by atomic mass is 10.1. The van der Waals surface area contributed by atoms with Crippen LogP contribution in [0.4, 0.5) is 5.69 Å². The number of rotatable bonds is 15. The second-order valence-electron chi connectivity index (χ2n) is 13.5. The molecule has 0 bridgehead atoms. The molecule has 0 saturated heterocycles. The van der Waals surface area contributed by atoms with E-state index >= 15 is 0 Å². The Bertz CT molecular complexity index is 2680. The van der Waals surface area contributed by atoms with Gasteiger partial charge in [-0.2, -0.15) is 0 Å². The lowest BCUT2D eigenvalue weighted by molar-refractivity contribution is 0.102. The third-order valence-electron chi connectivity index (χ3n) is 9.40. The van der Waals surface area contributed by atoms with Crippen LogP contribution < -0.4 is 29.7 Å². The second-order valence-corrected chi connectivity index (χ2v) is 13.5. The topological polar surface area (TPSA) is 96.2 Å². The fourth-order valence-electron chi connectivity index (χ4n) is 6.37. The highest BCUT2D eigenvalue weighted by Crippen LogP contribution is 2.38. The Morgan fingerprint density at radius 3 is 1.57 bits per heavy atom. The van der Waals surface area contributed by atoms with Gasteiger partial charge in [0, 0.05) is 11.6 Å². The molecule has 8 rings (SSSR count). The molecule has 0 aliphatic carbocycles. The number of anilines is 1. The van der Waals surface area contributed by atoms with Crippen LogP contribution in [-0.2, 0) is 26.4 Å². The van der Waals surface area contributed by atoms with Crippen molar-refractivity contribution in [2.75, 3.05) is 5.32 Å². The average Bonchev–Trinajstić information content (AvgIpc) is 3.28. The summed E-state index contributed by atoms with van der Waals surface area (Å²) in [6.07, 6.45) is 0. The number of amides is 1. The van der Waals surface area contributed by atoms with Gasteiger partial charge in [-0.1, -0.05) is 133 Å². The van der Waals surface area contributed by atoms with Crippen molar-refractivity contribution in [2.45, 2.75) is 26.4 Å². The number of carbonyl (C=O) groups is 1. The highest BCUT2D eigenvalue weighted by atomic mass is 16.5. The smallest absolute Gasteiger partial charge is 0.259 e. The molecular formula is C50H39NO7. The van der Waals surface area contributed by atoms with E-state index in [0.29, 0.717) is 47.0 Å². The van der Waals surface area contributed by atoms with E-state index in [1.165, 1.54) is 0 Å². The average molecular weight is 766 g/mol. The molecule has 8 nitrogen and oxygen atoms in total. The molecule has 7 aromatic carbocycles. The van der Waals surface area contributed by atoms with Crippen LogP contribution in [0.5, 0.6) is 23.0 Å². The number of fused-ring (bicyclic) bond motifs is 1. The predicted molar refractivity (Wildman–Crippen MR) is 225 cm³/mol. The van der Waals surface area contributed by atoms with Crippen molar-refractivity contribution in [3.05, 3.63) is 220 Å². The molecule has 1 aromatic heterocycles. The molecule has 0 aliphatic heterocycles. The zero-order valence-electron chi connectivity index (χ0n) is 31.5. The van der Waals surface area contributed by atoms with E-state index in [0.717, 1.165) is 22.3 Å². The third kappa shape index (κ3) is 9.09. The second kappa shape index (κ2) is 17.9. The number of carbonyl (C=O) groups excluding carboxylic acids is 1. The molecule has 0 aliphatic rings. The fourth-order valence-corrected chi connectivity index (χ4v) is 6.37. The number of nitrogens with one attached hydrogen (secondary N) is 1. The van der Waals surface area contributed by atoms with Crippen molar-refractivity contribution < 1.29 is 28.2 Å². The predicted octanol–water partition coefficient (Wildman–Crippen LogP) is 11.0. The largest absolute Gasteiger partial charge is 0.489 e. The molecule has 0 unspecified atom stereocenters. The molecule has 1 N–H and O–H groups in total. The van der Waals surface area contributed by atoms with Gasteiger partial charge in [0.15, 0.2) is 17.3 Å². The van der Waals surface area contributed by atoms with E-state index in [2.05, 4.69) is 5.32 Å². The number of para-hydroxylation sites is 1. The molecule has 1 heterocycles. The highest BCUT2D eigenvalue weighted by Gasteiger charge is 2.23. The minimum atomic E-state index is -0.565. The number of hydrogen-bond donors (Lipinski definition) is 1. The first kappa shape index (κ1) is 37.3. The zero-order valence-corrected chi connectivity index (χ0v) is 31.5. The van der Waals surface area contributed by atoms with Crippen molar-refractivity contribution in [3.63, 3.8) is 0 Å². The van der Waals surface area contributed by atoms with Gasteiger partial charge < -0.3 is 28.7 Å². The maximum Gasteiger partial charge on any atom is 0.259 e. The van der Waals surface area contributed by atoms with Crippen LogP contribution in [0.2, 0.25) is 0 Å². The zero-order chi connectivity index (χ0) is 39.5. The van der Waals surface area contributed by atoms with Gasteiger partial charge in [-0.3, -0.25) is 9.59 Å². The molecule has 1 amide bonds. The lowest BCUT2D eigenvalue weighted by Gasteiger charge is -2.17. The summed E-state index contributed by atoms with van der Waals surface area (Å²) in [4.78, 5) is 28.7. The van der Waals surface area contributed by atoms with Gasteiger partial charge in [0.05, 0.1) is 10.9 Å². The van der Waals surface area contributed by atoms with E-state index in [1.54, 1.807) is 60.7 Å². The van der Waals surface area contributed by atoms with Crippen LogP contribution in [0.1, 0.15) is 32.6 Å². The Balaban J connectivity index is 1.15. The number of benzene rings is 7. The van der Waals surface area contributed by atoms with Gasteiger partial charge in [0.25, 0.3) is 5.91 Å². The van der Waals surface area contributed by atoms with Crippen molar-refractivity contribution in [1.29, 1.82) is 0 Å². The summed E-state index contributed by atoms with van der Waals surface area (Å²) in [5, 5.41) is 3.22. The van der Waals surface area contributed by atoms with Gasteiger partial charge in [-0.05, 0) is 64.7 Å². The lowest BCUT2D eigenvalue weighted by Crippen LogP contribution is -2.20. The Morgan fingerprint density at radius 2 is 0.983 bits per heavy atom. The first-order valence-electron chi connectivity index (χ1n) is 18.9. The Kier molecular flexibility index (Phi) is 11.5. The summed E-state index contributed by atoms with van der Waals surface area (Å²) in [5.41, 5.74) is 4.51. The maximum absolute atomic E-state index is 14.4. The Labute approximate surface area is 335 Å². The molecule has 0 radical (unpaired) electrons. The van der Waals surface area contributed by atoms with Crippen molar-refractivity contribution in [3.8, 4) is 34.3 Å². The van der Waals surface area contributed by atoms with Gasteiger partial charge in [0.1, 0.15) is 49.2 Å². The van der Waals surface area contributed by atoms with Crippen LogP contribution in [0, 0.1) is 0 Å². The van der Waals surface area contributed by atoms with Crippen LogP contribution >= 0.6 is 0 Å². The molecule has 0 saturated carbocycles. The van der Waals surface area contributed by atoms with Crippen molar-refractivity contribution in [2.24, 2.45) is 0 Å².